The number of nitrogens with two attached hydrogens (primary N) is 1. The third-order valence-corrected chi connectivity index (χ3v) is 5.72. The summed E-state index contributed by atoms with van der Waals surface area (Å²) in [4.78, 5) is 6.88. The molecule has 20 heavy (non-hydrogen) atoms. The molecule has 1 fully saturated rings. The number of rotatable bonds is 1. The minimum Gasteiger partial charge on any atom is -0.369 e. The Morgan fingerprint density at radius 1 is 1.40 bits per heavy atom. The lowest BCUT2D eigenvalue weighted by Crippen LogP contribution is -2.58. The molecule has 0 aromatic heterocycles. The van der Waals surface area contributed by atoms with Crippen molar-refractivity contribution in [3.63, 3.8) is 0 Å². The average molecular weight is 336 g/mol. The van der Waals surface area contributed by atoms with E-state index < -0.39 is 0 Å². The molecule has 2 aliphatic rings. The van der Waals surface area contributed by atoms with Gasteiger partial charge in [-0.3, -0.25) is 4.99 Å². The number of benzene rings is 1. The molecule has 3 atom stereocenters. The van der Waals surface area contributed by atoms with E-state index >= 15 is 0 Å². The first-order chi connectivity index (χ1) is 9.54. The Morgan fingerprint density at radius 2 is 2.20 bits per heavy atom. The summed E-state index contributed by atoms with van der Waals surface area (Å²) in [5.74, 6) is 1.99. The molecule has 3 unspecified atom stereocenters. The zero-order valence-electron chi connectivity index (χ0n) is 12.1. The van der Waals surface area contributed by atoms with Crippen molar-refractivity contribution in [3.05, 3.63) is 28.7 Å². The van der Waals surface area contributed by atoms with Crippen LogP contribution in [0.25, 0.3) is 0 Å². The van der Waals surface area contributed by atoms with E-state index in [9.17, 15) is 0 Å². The molecule has 1 spiro atoms. The van der Waals surface area contributed by atoms with Crippen LogP contribution in [0.3, 0.4) is 0 Å². The van der Waals surface area contributed by atoms with Crippen LogP contribution in [0.5, 0.6) is 0 Å². The molecule has 0 radical (unpaired) electrons. The number of guanidine groups is 1. The molecular weight excluding hydrogens is 314 g/mol. The highest BCUT2D eigenvalue weighted by molar-refractivity contribution is 9.10. The van der Waals surface area contributed by atoms with Crippen molar-refractivity contribution in [1.82, 2.24) is 0 Å². The summed E-state index contributed by atoms with van der Waals surface area (Å²) in [6, 6.07) is 8.38. The average Bonchev–Trinajstić information content (AvgIpc) is 2.74. The SMILES string of the molecule is CC1CCCC2(CN=C(N)N2c2cccc(Br)c2)C1C. The fourth-order valence-electron chi connectivity index (χ4n) is 3.87. The van der Waals surface area contributed by atoms with E-state index in [2.05, 4.69) is 57.9 Å². The first-order valence-corrected chi connectivity index (χ1v) is 8.19. The van der Waals surface area contributed by atoms with Gasteiger partial charge in [-0.1, -0.05) is 48.7 Å². The maximum atomic E-state index is 6.23. The number of aliphatic imine (C=N–C) groups is 1. The van der Waals surface area contributed by atoms with Crippen molar-refractivity contribution < 1.29 is 0 Å². The Bertz CT molecular complexity index is 542. The molecule has 3 nitrogen and oxygen atoms in total. The molecule has 0 amide bonds. The molecule has 1 aromatic rings. The van der Waals surface area contributed by atoms with Crippen LogP contribution in [0, 0.1) is 11.8 Å². The van der Waals surface area contributed by atoms with E-state index in [1.807, 2.05) is 6.07 Å². The van der Waals surface area contributed by atoms with Crippen LogP contribution in [-0.4, -0.2) is 18.0 Å². The monoisotopic (exact) mass is 335 g/mol. The standard InChI is InChI=1S/C16H22BrN3/c1-11-5-4-8-16(12(11)2)10-19-15(18)20(16)14-7-3-6-13(17)9-14/h3,6-7,9,11-12H,4-5,8,10H2,1-2H3,(H2,18,19). The molecule has 1 saturated carbocycles. The van der Waals surface area contributed by atoms with Gasteiger partial charge in [0, 0.05) is 10.2 Å². The lowest BCUT2D eigenvalue weighted by atomic mass is 9.67. The summed E-state index contributed by atoms with van der Waals surface area (Å²) in [6.45, 7) is 5.55. The van der Waals surface area contributed by atoms with Gasteiger partial charge in [0.25, 0.3) is 0 Å². The smallest absolute Gasteiger partial charge is 0.196 e. The summed E-state index contributed by atoms with van der Waals surface area (Å²) in [7, 11) is 0. The number of nitrogens with zero attached hydrogens (tertiary/aromatic N) is 2. The summed E-state index contributed by atoms with van der Waals surface area (Å²) < 4.78 is 1.08. The Labute approximate surface area is 129 Å². The molecule has 108 valence electrons. The maximum Gasteiger partial charge on any atom is 0.196 e. The normalized spacial score (nSPS) is 33.5. The maximum absolute atomic E-state index is 6.23. The Morgan fingerprint density at radius 3 is 2.95 bits per heavy atom. The van der Waals surface area contributed by atoms with E-state index in [0.717, 1.165) is 22.6 Å². The fraction of sp³-hybridized carbons (Fsp3) is 0.562. The first kappa shape index (κ1) is 13.9. The van der Waals surface area contributed by atoms with Gasteiger partial charge in [-0.2, -0.15) is 0 Å². The van der Waals surface area contributed by atoms with Crippen molar-refractivity contribution in [2.24, 2.45) is 22.6 Å². The largest absolute Gasteiger partial charge is 0.369 e. The zero-order chi connectivity index (χ0) is 14.3. The van der Waals surface area contributed by atoms with Crippen molar-refractivity contribution in [3.8, 4) is 0 Å². The van der Waals surface area contributed by atoms with Gasteiger partial charge in [0.1, 0.15) is 0 Å². The lowest BCUT2D eigenvalue weighted by Gasteiger charge is -2.49. The van der Waals surface area contributed by atoms with Gasteiger partial charge < -0.3 is 10.6 Å². The molecule has 3 rings (SSSR count). The third-order valence-electron chi connectivity index (χ3n) is 5.23. The van der Waals surface area contributed by atoms with Crippen LogP contribution < -0.4 is 10.6 Å². The quantitative estimate of drug-likeness (QED) is 0.848. The van der Waals surface area contributed by atoms with Crippen molar-refractivity contribution in [1.29, 1.82) is 0 Å². The van der Waals surface area contributed by atoms with E-state index in [4.69, 9.17) is 5.73 Å². The summed E-state index contributed by atoms with van der Waals surface area (Å²) in [6.07, 6.45) is 3.75. The second-order valence-electron chi connectivity index (χ2n) is 6.25. The summed E-state index contributed by atoms with van der Waals surface area (Å²) in [5, 5.41) is 0. The highest BCUT2D eigenvalue weighted by atomic mass is 79.9. The van der Waals surface area contributed by atoms with E-state index in [1.54, 1.807) is 0 Å². The second kappa shape index (κ2) is 5.06. The van der Waals surface area contributed by atoms with Gasteiger partial charge in [0.05, 0.1) is 12.1 Å². The van der Waals surface area contributed by atoms with E-state index in [-0.39, 0.29) is 5.54 Å². The van der Waals surface area contributed by atoms with Gasteiger partial charge >= 0.3 is 0 Å². The molecule has 1 aliphatic carbocycles. The van der Waals surface area contributed by atoms with Crippen molar-refractivity contribution >= 4 is 27.6 Å². The second-order valence-corrected chi connectivity index (χ2v) is 7.17. The molecule has 2 N–H and O–H groups in total. The van der Waals surface area contributed by atoms with Crippen LogP contribution >= 0.6 is 15.9 Å². The molecule has 1 aliphatic heterocycles. The molecule has 0 saturated heterocycles. The summed E-state index contributed by atoms with van der Waals surface area (Å²) in [5.41, 5.74) is 7.46. The van der Waals surface area contributed by atoms with Gasteiger partial charge in [-0.25, -0.2) is 0 Å². The molecule has 4 heteroatoms. The summed E-state index contributed by atoms with van der Waals surface area (Å²) >= 11 is 3.56. The zero-order valence-corrected chi connectivity index (χ0v) is 13.7. The van der Waals surface area contributed by atoms with E-state index in [0.29, 0.717) is 11.9 Å². The highest BCUT2D eigenvalue weighted by Gasteiger charge is 2.50. The fourth-order valence-corrected chi connectivity index (χ4v) is 4.26. The number of hydrogen-bond acceptors (Lipinski definition) is 3. The predicted octanol–water partition coefficient (Wildman–Crippen LogP) is 3.78. The Kier molecular flexibility index (Phi) is 3.53. The minimum absolute atomic E-state index is 0.0720. The number of anilines is 1. The Balaban J connectivity index is 2.04. The van der Waals surface area contributed by atoms with Crippen molar-refractivity contribution in [2.45, 2.75) is 38.6 Å². The first-order valence-electron chi connectivity index (χ1n) is 7.40. The van der Waals surface area contributed by atoms with Gasteiger partial charge in [-0.15, -0.1) is 0 Å². The van der Waals surface area contributed by atoms with Crippen LogP contribution in [0.15, 0.2) is 33.7 Å². The number of halogens is 1. The topological polar surface area (TPSA) is 41.6 Å². The molecule has 0 bridgehead atoms. The highest BCUT2D eigenvalue weighted by Crippen LogP contribution is 2.46. The van der Waals surface area contributed by atoms with Gasteiger partial charge in [0.2, 0.25) is 0 Å². The van der Waals surface area contributed by atoms with Crippen LogP contribution in [0.4, 0.5) is 5.69 Å². The number of hydrogen-bond donors (Lipinski definition) is 1. The predicted molar refractivity (Wildman–Crippen MR) is 88.0 cm³/mol. The van der Waals surface area contributed by atoms with Crippen LogP contribution in [-0.2, 0) is 0 Å². The van der Waals surface area contributed by atoms with Gasteiger partial charge in [0.15, 0.2) is 5.96 Å². The molecular formula is C16H22BrN3. The van der Waals surface area contributed by atoms with E-state index in [1.165, 1.54) is 19.3 Å². The Hall–Kier alpha value is -1.03. The van der Waals surface area contributed by atoms with Gasteiger partial charge in [-0.05, 0) is 36.5 Å². The van der Waals surface area contributed by atoms with Crippen LogP contribution in [0.2, 0.25) is 0 Å². The minimum atomic E-state index is 0.0720. The molecule has 1 aromatic carbocycles. The third kappa shape index (κ3) is 2.05. The molecule has 1 heterocycles. The van der Waals surface area contributed by atoms with Crippen molar-refractivity contribution in [2.75, 3.05) is 11.4 Å². The van der Waals surface area contributed by atoms with Crippen LogP contribution in [0.1, 0.15) is 33.1 Å². The lowest BCUT2D eigenvalue weighted by molar-refractivity contribution is 0.159.